The van der Waals surface area contributed by atoms with E-state index >= 15 is 0 Å². The third-order valence-electron chi connectivity index (χ3n) is 0.657. The van der Waals surface area contributed by atoms with Crippen LogP contribution in [0.25, 0.3) is 0 Å². The van der Waals surface area contributed by atoms with E-state index < -0.39 is 0 Å². The van der Waals surface area contributed by atoms with E-state index in [1.54, 1.807) is 0 Å². The van der Waals surface area contributed by atoms with Crippen molar-refractivity contribution in [3.05, 3.63) is 0 Å². The molecule has 0 fully saturated rings. The lowest BCUT2D eigenvalue weighted by Gasteiger charge is -2.09. The number of hydrogen-bond acceptors (Lipinski definition) is 0. The Bertz CT molecular complexity index is 140. The molecular formula is C8H12Br2. The van der Waals surface area contributed by atoms with E-state index in [1.807, 2.05) is 27.7 Å². The minimum atomic E-state index is -0.0714. The first-order valence-electron chi connectivity index (χ1n) is 3.13. The lowest BCUT2D eigenvalue weighted by molar-refractivity contribution is 0.923. The normalized spacial score (nSPS) is 12.2. The van der Waals surface area contributed by atoms with E-state index in [0.717, 1.165) is 0 Å². The maximum atomic E-state index is 3.44. The molecule has 0 spiro atoms. The summed E-state index contributed by atoms with van der Waals surface area (Å²) in [5.41, 5.74) is 0. The third kappa shape index (κ3) is 8.52. The second kappa shape index (κ2) is 3.28. The van der Waals surface area contributed by atoms with Crippen LogP contribution in [0.2, 0.25) is 0 Å². The summed E-state index contributed by atoms with van der Waals surface area (Å²) in [6.07, 6.45) is 0. The zero-order valence-electron chi connectivity index (χ0n) is 6.76. The molecule has 0 aliphatic rings. The monoisotopic (exact) mass is 266 g/mol. The molecule has 0 saturated heterocycles. The second-order valence-electron chi connectivity index (χ2n) is 3.19. The fourth-order valence-corrected chi connectivity index (χ4v) is 0.495. The van der Waals surface area contributed by atoms with Gasteiger partial charge in [-0.15, -0.1) is 0 Å². The summed E-state index contributed by atoms with van der Waals surface area (Å²) < 4.78 is -0.143. The highest BCUT2D eigenvalue weighted by atomic mass is 79.9. The molecule has 0 aliphatic carbocycles. The molecule has 0 heterocycles. The van der Waals surface area contributed by atoms with Gasteiger partial charge in [0.2, 0.25) is 0 Å². The molecule has 0 radical (unpaired) electrons. The smallest absolute Gasteiger partial charge is 0.0806 e. The van der Waals surface area contributed by atoms with Crippen molar-refractivity contribution >= 4 is 31.9 Å². The second-order valence-corrected chi connectivity index (χ2v) is 7.16. The highest BCUT2D eigenvalue weighted by Gasteiger charge is 2.11. The molecule has 0 saturated carbocycles. The quantitative estimate of drug-likeness (QED) is 0.467. The zero-order valence-corrected chi connectivity index (χ0v) is 9.93. The van der Waals surface area contributed by atoms with Crippen molar-refractivity contribution in [2.45, 2.75) is 36.3 Å². The molecule has 0 atom stereocenters. The molecule has 58 valence electrons. The van der Waals surface area contributed by atoms with Gasteiger partial charge in [-0.25, -0.2) is 0 Å². The largest absolute Gasteiger partial charge is 0.0840 e. The minimum absolute atomic E-state index is 0.0714. The first-order valence-corrected chi connectivity index (χ1v) is 4.71. The van der Waals surface area contributed by atoms with Gasteiger partial charge in [0.05, 0.1) is 8.65 Å². The van der Waals surface area contributed by atoms with E-state index in [1.165, 1.54) is 0 Å². The van der Waals surface area contributed by atoms with Crippen LogP contribution in [-0.4, -0.2) is 8.65 Å². The Balaban J connectivity index is 4.19. The summed E-state index contributed by atoms with van der Waals surface area (Å²) in [6, 6.07) is 0. The van der Waals surface area contributed by atoms with Crippen LogP contribution in [-0.2, 0) is 0 Å². The molecule has 0 nitrogen and oxygen atoms in total. The lowest BCUT2D eigenvalue weighted by atomic mass is 10.1. The highest BCUT2D eigenvalue weighted by Crippen LogP contribution is 2.17. The zero-order chi connectivity index (χ0) is 8.41. The van der Waals surface area contributed by atoms with Crippen molar-refractivity contribution < 1.29 is 0 Å². The van der Waals surface area contributed by atoms with Gasteiger partial charge in [0.15, 0.2) is 0 Å². The molecule has 0 aliphatic heterocycles. The molecule has 2 heteroatoms. The first kappa shape index (κ1) is 10.5. The molecule has 0 aromatic rings. The van der Waals surface area contributed by atoms with Gasteiger partial charge in [-0.1, -0.05) is 43.7 Å². The Morgan fingerprint density at radius 1 is 0.800 bits per heavy atom. The predicted molar refractivity (Wildman–Crippen MR) is 53.8 cm³/mol. The maximum Gasteiger partial charge on any atom is 0.0806 e. The Labute approximate surface area is 80.0 Å². The molecule has 10 heavy (non-hydrogen) atoms. The highest BCUT2D eigenvalue weighted by molar-refractivity contribution is 9.10. The summed E-state index contributed by atoms with van der Waals surface area (Å²) in [5.74, 6) is 6.16. The fourth-order valence-electron chi connectivity index (χ4n) is 0.297. The lowest BCUT2D eigenvalue weighted by Crippen LogP contribution is -2.09. The number of alkyl halides is 2. The Morgan fingerprint density at radius 3 is 1.10 bits per heavy atom. The van der Waals surface area contributed by atoms with Crippen molar-refractivity contribution in [3.63, 3.8) is 0 Å². The van der Waals surface area contributed by atoms with Crippen LogP contribution in [0.3, 0.4) is 0 Å². The number of halogens is 2. The fraction of sp³-hybridized carbons (Fsp3) is 0.750. The van der Waals surface area contributed by atoms with Crippen molar-refractivity contribution in [1.82, 2.24) is 0 Å². The average Bonchev–Trinajstić information content (AvgIpc) is 1.57. The van der Waals surface area contributed by atoms with Crippen LogP contribution in [0.1, 0.15) is 27.7 Å². The van der Waals surface area contributed by atoms with Crippen molar-refractivity contribution in [1.29, 1.82) is 0 Å². The van der Waals surface area contributed by atoms with E-state index in [2.05, 4.69) is 43.7 Å². The molecule has 0 amide bonds. The topological polar surface area (TPSA) is 0 Å². The van der Waals surface area contributed by atoms with E-state index in [-0.39, 0.29) is 8.65 Å². The number of hydrogen-bond donors (Lipinski definition) is 0. The number of rotatable bonds is 0. The van der Waals surface area contributed by atoms with Gasteiger partial charge in [0, 0.05) is 0 Å². The van der Waals surface area contributed by atoms with Gasteiger partial charge in [-0.3, -0.25) is 0 Å². The van der Waals surface area contributed by atoms with Crippen LogP contribution >= 0.6 is 31.9 Å². The summed E-state index contributed by atoms with van der Waals surface area (Å²) in [5, 5.41) is 0. The summed E-state index contributed by atoms with van der Waals surface area (Å²) in [4.78, 5) is 0. The van der Waals surface area contributed by atoms with Gasteiger partial charge in [0.25, 0.3) is 0 Å². The van der Waals surface area contributed by atoms with Gasteiger partial charge in [0.1, 0.15) is 0 Å². The van der Waals surface area contributed by atoms with Crippen molar-refractivity contribution in [2.24, 2.45) is 0 Å². The first-order chi connectivity index (χ1) is 4.21. The Hall–Kier alpha value is 0.520. The van der Waals surface area contributed by atoms with E-state index in [4.69, 9.17) is 0 Å². The van der Waals surface area contributed by atoms with E-state index in [9.17, 15) is 0 Å². The molecular weight excluding hydrogens is 256 g/mol. The summed E-state index contributed by atoms with van der Waals surface area (Å²) >= 11 is 6.87. The molecule has 0 rings (SSSR count). The maximum absolute atomic E-state index is 3.44. The average molecular weight is 268 g/mol. The minimum Gasteiger partial charge on any atom is -0.0840 e. The van der Waals surface area contributed by atoms with Gasteiger partial charge >= 0.3 is 0 Å². The molecule has 0 unspecified atom stereocenters. The van der Waals surface area contributed by atoms with Crippen molar-refractivity contribution in [3.8, 4) is 11.8 Å². The van der Waals surface area contributed by atoms with Gasteiger partial charge in [-0.05, 0) is 27.7 Å². The molecule has 0 N–H and O–H groups in total. The Morgan fingerprint density at radius 2 is 1.00 bits per heavy atom. The standard InChI is InChI=1S/C8H12Br2/c1-7(2,9)5-6-8(3,4)10/h1-4H3. The van der Waals surface area contributed by atoms with Gasteiger partial charge < -0.3 is 0 Å². The summed E-state index contributed by atoms with van der Waals surface area (Å²) in [7, 11) is 0. The Kier molecular flexibility index (Phi) is 3.45. The van der Waals surface area contributed by atoms with Crippen LogP contribution in [0.5, 0.6) is 0 Å². The van der Waals surface area contributed by atoms with Crippen LogP contribution in [0.4, 0.5) is 0 Å². The van der Waals surface area contributed by atoms with Crippen LogP contribution < -0.4 is 0 Å². The summed E-state index contributed by atoms with van der Waals surface area (Å²) in [6.45, 7) is 8.11. The molecule has 0 aromatic heterocycles. The predicted octanol–water partition coefficient (Wildman–Crippen LogP) is 3.34. The van der Waals surface area contributed by atoms with Crippen molar-refractivity contribution in [2.75, 3.05) is 0 Å². The SMILES string of the molecule is CC(C)(Br)C#CC(C)(C)Br. The van der Waals surface area contributed by atoms with Gasteiger partial charge in [-0.2, -0.15) is 0 Å². The third-order valence-corrected chi connectivity index (χ3v) is 1.05. The molecule has 0 bridgehead atoms. The van der Waals surface area contributed by atoms with Crippen LogP contribution in [0.15, 0.2) is 0 Å². The van der Waals surface area contributed by atoms with E-state index in [0.29, 0.717) is 0 Å². The molecule has 0 aromatic carbocycles. The van der Waals surface area contributed by atoms with Crippen LogP contribution in [0, 0.1) is 11.8 Å².